The number of hydrogen-bond acceptors (Lipinski definition) is 4. The van der Waals surface area contributed by atoms with Crippen molar-refractivity contribution in [1.29, 1.82) is 0 Å². The summed E-state index contributed by atoms with van der Waals surface area (Å²) in [6.07, 6.45) is 2.19. The number of amides is 3. The molecule has 1 heterocycles. The molecule has 0 aliphatic carbocycles. The van der Waals surface area contributed by atoms with Crippen LogP contribution in [0.15, 0.2) is 48.5 Å². The number of hydrogen-bond donors (Lipinski definition) is 3. The van der Waals surface area contributed by atoms with Crippen molar-refractivity contribution in [2.75, 3.05) is 34.7 Å². The van der Waals surface area contributed by atoms with Gasteiger partial charge in [0, 0.05) is 24.5 Å². The third kappa shape index (κ3) is 5.93. The Kier molecular flexibility index (Phi) is 6.56. The maximum Gasteiger partial charge on any atom is 0.321 e. The second-order valence-electron chi connectivity index (χ2n) is 7.14. The van der Waals surface area contributed by atoms with Gasteiger partial charge in [-0.05, 0) is 43.2 Å². The van der Waals surface area contributed by atoms with Gasteiger partial charge in [0.25, 0.3) is 0 Å². The molecule has 0 unspecified atom stereocenters. The summed E-state index contributed by atoms with van der Waals surface area (Å²) in [7, 11) is -3.66. The second kappa shape index (κ2) is 9.12. The molecule has 0 bridgehead atoms. The molecule has 8 nitrogen and oxygen atoms in total. The van der Waals surface area contributed by atoms with Crippen LogP contribution in [0.4, 0.5) is 26.2 Å². The van der Waals surface area contributed by atoms with Crippen LogP contribution in [0, 0.1) is 11.7 Å². The van der Waals surface area contributed by atoms with Crippen LogP contribution in [-0.2, 0) is 14.8 Å². The number of piperidine rings is 1. The quantitative estimate of drug-likeness (QED) is 0.672. The fourth-order valence-corrected chi connectivity index (χ4v) is 3.78. The lowest BCUT2D eigenvalue weighted by molar-refractivity contribution is -0.121. The lowest BCUT2D eigenvalue weighted by atomic mass is 9.97. The second-order valence-corrected chi connectivity index (χ2v) is 8.89. The van der Waals surface area contributed by atoms with E-state index >= 15 is 0 Å². The van der Waals surface area contributed by atoms with E-state index in [4.69, 9.17) is 0 Å². The molecule has 10 heteroatoms. The predicted octanol–water partition coefficient (Wildman–Crippen LogP) is 3.08. The van der Waals surface area contributed by atoms with E-state index in [0.29, 0.717) is 25.1 Å². The molecule has 0 spiro atoms. The number of sulfonamides is 1. The van der Waals surface area contributed by atoms with Crippen LogP contribution in [0.2, 0.25) is 0 Å². The molecule has 0 radical (unpaired) electrons. The van der Waals surface area contributed by atoms with Gasteiger partial charge in [0.05, 0.1) is 17.9 Å². The molecule has 1 aliphatic rings. The number of halogens is 1. The number of carbonyl (C=O) groups excluding carboxylic acids is 2. The van der Waals surface area contributed by atoms with Gasteiger partial charge in [0.2, 0.25) is 15.9 Å². The highest BCUT2D eigenvalue weighted by atomic mass is 32.2. The van der Waals surface area contributed by atoms with Gasteiger partial charge in [0.15, 0.2) is 0 Å². The first-order valence-electron chi connectivity index (χ1n) is 9.40. The van der Waals surface area contributed by atoms with Crippen LogP contribution in [0.5, 0.6) is 0 Å². The van der Waals surface area contributed by atoms with Crippen molar-refractivity contribution in [1.82, 2.24) is 4.90 Å². The summed E-state index contributed by atoms with van der Waals surface area (Å²) in [6, 6.07) is 12.4. The Balaban J connectivity index is 1.63. The minimum absolute atomic E-state index is 0.247. The summed E-state index contributed by atoms with van der Waals surface area (Å²) < 4.78 is 38.6. The maximum atomic E-state index is 13.8. The molecule has 2 aromatic rings. The van der Waals surface area contributed by atoms with E-state index < -0.39 is 21.8 Å². The van der Waals surface area contributed by atoms with Crippen molar-refractivity contribution in [3.8, 4) is 0 Å². The molecule has 2 aromatic carbocycles. The van der Waals surface area contributed by atoms with Gasteiger partial charge in [-0.25, -0.2) is 17.6 Å². The van der Waals surface area contributed by atoms with E-state index in [9.17, 15) is 22.4 Å². The Labute approximate surface area is 174 Å². The molecule has 1 aliphatic heterocycles. The fourth-order valence-electron chi connectivity index (χ4n) is 3.22. The average Bonchev–Trinajstić information content (AvgIpc) is 2.70. The molecule has 3 rings (SSSR count). The molecule has 1 atom stereocenters. The number of likely N-dealkylation sites (tertiary alicyclic amines) is 1. The molecule has 0 aromatic heterocycles. The molecule has 30 heavy (non-hydrogen) atoms. The van der Waals surface area contributed by atoms with Crippen molar-refractivity contribution in [2.45, 2.75) is 12.8 Å². The summed E-state index contributed by atoms with van der Waals surface area (Å²) in [4.78, 5) is 26.7. The van der Waals surface area contributed by atoms with E-state index in [0.717, 1.165) is 12.3 Å². The molecule has 1 fully saturated rings. The largest absolute Gasteiger partial charge is 0.326 e. The first-order chi connectivity index (χ1) is 14.2. The predicted molar refractivity (Wildman–Crippen MR) is 113 cm³/mol. The van der Waals surface area contributed by atoms with Gasteiger partial charge in [-0.1, -0.05) is 18.2 Å². The van der Waals surface area contributed by atoms with Crippen LogP contribution in [0.3, 0.4) is 0 Å². The Morgan fingerprint density at radius 2 is 1.80 bits per heavy atom. The summed E-state index contributed by atoms with van der Waals surface area (Å²) >= 11 is 0. The van der Waals surface area contributed by atoms with Crippen molar-refractivity contribution < 1.29 is 22.4 Å². The van der Waals surface area contributed by atoms with E-state index in [1.807, 2.05) is 18.2 Å². The normalized spacial score (nSPS) is 16.6. The molecule has 160 valence electrons. The zero-order valence-electron chi connectivity index (χ0n) is 16.4. The van der Waals surface area contributed by atoms with Crippen molar-refractivity contribution in [2.24, 2.45) is 5.92 Å². The molecule has 3 amide bonds. The highest BCUT2D eigenvalue weighted by molar-refractivity contribution is 7.92. The number of urea groups is 1. The van der Waals surface area contributed by atoms with E-state index in [1.165, 1.54) is 12.1 Å². The highest BCUT2D eigenvalue weighted by Gasteiger charge is 2.28. The lowest BCUT2D eigenvalue weighted by Gasteiger charge is -2.32. The highest BCUT2D eigenvalue weighted by Crippen LogP contribution is 2.23. The Morgan fingerprint density at radius 3 is 2.50 bits per heavy atom. The first-order valence-corrected chi connectivity index (χ1v) is 11.3. The minimum Gasteiger partial charge on any atom is -0.326 e. The standard InChI is InChI=1S/C20H23FN4O4S/c1-30(28,29)24-18-12-16(9-10-17(18)21)22-19(26)14-6-5-11-25(13-14)20(27)23-15-7-3-2-4-8-15/h2-4,7-10,12,14,24H,5-6,11,13H2,1H3,(H,22,26)(H,23,27)/t14-/m0/s1. The van der Waals surface area contributed by atoms with Gasteiger partial charge in [-0.2, -0.15) is 0 Å². The van der Waals surface area contributed by atoms with Gasteiger partial charge in [0.1, 0.15) is 5.82 Å². The van der Waals surface area contributed by atoms with Crippen LogP contribution in [0.1, 0.15) is 12.8 Å². The third-order valence-corrected chi connectivity index (χ3v) is 5.22. The molecule has 1 saturated heterocycles. The van der Waals surface area contributed by atoms with Gasteiger partial charge >= 0.3 is 6.03 Å². The van der Waals surface area contributed by atoms with E-state index in [-0.39, 0.29) is 29.9 Å². The van der Waals surface area contributed by atoms with Crippen LogP contribution < -0.4 is 15.4 Å². The maximum absolute atomic E-state index is 13.8. The monoisotopic (exact) mass is 434 g/mol. The van der Waals surface area contributed by atoms with E-state index in [1.54, 1.807) is 17.0 Å². The topological polar surface area (TPSA) is 108 Å². The van der Waals surface area contributed by atoms with Crippen molar-refractivity contribution in [3.05, 3.63) is 54.3 Å². The van der Waals surface area contributed by atoms with E-state index in [2.05, 4.69) is 15.4 Å². The number of benzene rings is 2. The van der Waals surface area contributed by atoms with Gasteiger partial charge in [-0.15, -0.1) is 0 Å². The zero-order chi connectivity index (χ0) is 21.7. The zero-order valence-corrected chi connectivity index (χ0v) is 17.2. The Bertz CT molecular complexity index is 1030. The number of para-hydroxylation sites is 1. The number of nitrogens with one attached hydrogen (secondary N) is 3. The van der Waals surface area contributed by atoms with Crippen LogP contribution in [0.25, 0.3) is 0 Å². The smallest absolute Gasteiger partial charge is 0.321 e. The summed E-state index contributed by atoms with van der Waals surface area (Å²) in [5, 5.41) is 5.48. The molecular weight excluding hydrogens is 411 g/mol. The first kappa shape index (κ1) is 21.6. The third-order valence-electron chi connectivity index (χ3n) is 4.63. The Morgan fingerprint density at radius 1 is 1.07 bits per heavy atom. The summed E-state index contributed by atoms with van der Waals surface area (Å²) in [5.74, 6) is -1.50. The fraction of sp³-hybridized carbons (Fsp3) is 0.300. The molecule has 3 N–H and O–H groups in total. The molecule has 0 saturated carbocycles. The summed E-state index contributed by atoms with van der Waals surface area (Å²) in [5.41, 5.74) is 0.688. The van der Waals surface area contributed by atoms with Crippen molar-refractivity contribution >= 4 is 39.0 Å². The Hall–Kier alpha value is -3.14. The number of nitrogens with zero attached hydrogens (tertiary/aromatic N) is 1. The lowest BCUT2D eigenvalue weighted by Crippen LogP contribution is -2.45. The SMILES string of the molecule is CS(=O)(=O)Nc1cc(NC(=O)[C@H]2CCCN(C(=O)Nc3ccccc3)C2)ccc1F. The van der Waals surface area contributed by atoms with Gasteiger partial charge in [-0.3, -0.25) is 9.52 Å². The number of carbonyl (C=O) groups is 2. The average molecular weight is 434 g/mol. The van der Waals surface area contributed by atoms with Crippen molar-refractivity contribution in [3.63, 3.8) is 0 Å². The minimum atomic E-state index is -3.66. The summed E-state index contributed by atoms with van der Waals surface area (Å²) in [6.45, 7) is 0.793. The molecular formula is C20H23FN4O4S. The van der Waals surface area contributed by atoms with Crippen LogP contribution in [-0.4, -0.2) is 44.6 Å². The number of anilines is 3. The van der Waals surface area contributed by atoms with Crippen LogP contribution >= 0.6 is 0 Å². The number of rotatable bonds is 5. The van der Waals surface area contributed by atoms with Gasteiger partial charge < -0.3 is 15.5 Å².